The van der Waals surface area contributed by atoms with Crippen LogP contribution in [0.15, 0.2) is 30.3 Å². The van der Waals surface area contributed by atoms with Crippen molar-refractivity contribution in [1.29, 1.82) is 0 Å². The Hall–Kier alpha value is -1.92. The van der Waals surface area contributed by atoms with E-state index in [-0.39, 0.29) is 17.9 Å². The SMILES string of the molecule is O=C(NC1CCN(CC(=O)N2CCN(C3CCC3)CC2)CC1)c1ccccc1. The molecule has 1 aromatic carbocycles. The van der Waals surface area contributed by atoms with Crippen molar-refractivity contribution < 1.29 is 9.59 Å². The monoisotopic (exact) mass is 384 g/mol. The lowest BCUT2D eigenvalue weighted by Crippen LogP contribution is -2.55. The van der Waals surface area contributed by atoms with Crippen molar-refractivity contribution in [1.82, 2.24) is 20.0 Å². The van der Waals surface area contributed by atoms with Crippen molar-refractivity contribution in [3.63, 3.8) is 0 Å². The maximum absolute atomic E-state index is 12.7. The molecular weight excluding hydrogens is 352 g/mol. The summed E-state index contributed by atoms with van der Waals surface area (Å²) in [6.07, 6.45) is 5.85. The number of hydrogen-bond donors (Lipinski definition) is 1. The zero-order valence-electron chi connectivity index (χ0n) is 16.7. The smallest absolute Gasteiger partial charge is 0.251 e. The number of nitrogens with zero attached hydrogens (tertiary/aromatic N) is 3. The maximum Gasteiger partial charge on any atom is 0.251 e. The third kappa shape index (κ3) is 4.73. The molecule has 1 aromatic rings. The van der Waals surface area contributed by atoms with Gasteiger partial charge in [0.15, 0.2) is 0 Å². The molecule has 0 unspecified atom stereocenters. The van der Waals surface area contributed by atoms with Crippen LogP contribution >= 0.6 is 0 Å². The summed E-state index contributed by atoms with van der Waals surface area (Å²) < 4.78 is 0. The fourth-order valence-electron chi connectivity index (χ4n) is 4.47. The molecule has 0 atom stereocenters. The first-order valence-corrected chi connectivity index (χ1v) is 10.8. The molecule has 1 N–H and O–H groups in total. The number of benzene rings is 1. The van der Waals surface area contributed by atoms with Crippen LogP contribution in [0.1, 0.15) is 42.5 Å². The van der Waals surface area contributed by atoms with Crippen molar-refractivity contribution in [2.75, 3.05) is 45.8 Å². The minimum absolute atomic E-state index is 0.000500. The molecule has 2 aliphatic heterocycles. The van der Waals surface area contributed by atoms with Crippen LogP contribution in [-0.2, 0) is 4.79 Å². The van der Waals surface area contributed by atoms with Gasteiger partial charge in [0.2, 0.25) is 5.91 Å². The lowest BCUT2D eigenvalue weighted by atomic mass is 9.91. The van der Waals surface area contributed by atoms with Crippen LogP contribution in [0, 0.1) is 0 Å². The Morgan fingerprint density at radius 1 is 0.893 bits per heavy atom. The third-order valence-electron chi connectivity index (χ3n) is 6.58. The summed E-state index contributed by atoms with van der Waals surface area (Å²) in [5.41, 5.74) is 0.709. The molecule has 2 heterocycles. The van der Waals surface area contributed by atoms with Gasteiger partial charge in [-0.15, -0.1) is 0 Å². The Kier molecular flexibility index (Phi) is 6.27. The molecule has 0 spiro atoms. The number of carbonyl (C=O) groups excluding carboxylic acids is 2. The van der Waals surface area contributed by atoms with E-state index in [1.165, 1.54) is 19.3 Å². The first-order valence-electron chi connectivity index (χ1n) is 10.8. The number of carbonyl (C=O) groups is 2. The standard InChI is InChI=1S/C22H32N4O2/c27-21(26-15-13-25(14-16-26)20-7-4-8-20)17-24-11-9-19(10-12-24)23-22(28)18-5-2-1-3-6-18/h1-3,5-6,19-20H,4,7-17H2,(H,23,28). The molecule has 4 rings (SSSR count). The summed E-state index contributed by atoms with van der Waals surface area (Å²) in [4.78, 5) is 31.8. The van der Waals surface area contributed by atoms with E-state index in [2.05, 4.69) is 15.1 Å². The molecule has 2 amide bonds. The second kappa shape index (κ2) is 9.05. The van der Waals surface area contributed by atoms with Crippen LogP contribution in [0.5, 0.6) is 0 Å². The fraction of sp³-hybridized carbons (Fsp3) is 0.636. The van der Waals surface area contributed by atoms with Gasteiger partial charge in [0, 0.05) is 56.9 Å². The summed E-state index contributed by atoms with van der Waals surface area (Å²) in [7, 11) is 0. The Labute approximate surface area is 167 Å². The lowest BCUT2D eigenvalue weighted by Gasteiger charge is -2.43. The van der Waals surface area contributed by atoms with E-state index >= 15 is 0 Å². The first kappa shape index (κ1) is 19.4. The van der Waals surface area contributed by atoms with Gasteiger partial charge in [-0.2, -0.15) is 0 Å². The molecule has 0 bridgehead atoms. The summed E-state index contributed by atoms with van der Waals surface area (Å²) >= 11 is 0. The molecule has 152 valence electrons. The molecular formula is C22H32N4O2. The number of likely N-dealkylation sites (tertiary alicyclic amines) is 1. The maximum atomic E-state index is 12.7. The highest BCUT2D eigenvalue weighted by Gasteiger charge is 2.30. The predicted molar refractivity (Wildman–Crippen MR) is 109 cm³/mol. The largest absolute Gasteiger partial charge is 0.349 e. The van der Waals surface area contributed by atoms with E-state index in [1.54, 1.807) is 0 Å². The van der Waals surface area contributed by atoms with Crippen LogP contribution in [0.4, 0.5) is 0 Å². The molecule has 2 saturated heterocycles. The van der Waals surface area contributed by atoms with E-state index in [1.807, 2.05) is 35.2 Å². The Morgan fingerprint density at radius 2 is 1.57 bits per heavy atom. The highest BCUT2D eigenvalue weighted by atomic mass is 16.2. The predicted octanol–water partition coefficient (Wildman–Crippen LogP) is 1.58. The lowest BCUT2D eigenvalue weighted by molar-refractivity contribution is -0.135. The van der Waals surface area contributed by atoms with Crippen LogP contribution in [0.3, 0.4) is 0 Å². The van der Waals surface area contributed by atoms with E-state index in [4.69, 9.17) is 0 Å². The van der Waals surface area contributed by atoms with E-state index in [0.717, 1.165) is 58.2 Å². The molecule has 1 saturated carbocycles. The van der Waals surface area contributed by atoms with Crippen molar-refractivity contribution in [2.45, 2.75) is 44.2 Å². The summed E-state index contributed by atoms with van der Waals surface area (Å²) in [5.74, 6) is 0.263. The number of piperidine rings is 1. The minimum atomic E-state index is -0.000500. The number of piperazine rings is 1. The Morgan fingerprint density at radius 3 is 2.18 bits per heavy atom. The first-order chi connectivity index (χ1) is 13.7. The second-order valence-electron chi connectivity index (χ2n) is 8.39. The van der Waals surface area contributed by atoms with E-state index < -0.39 is 0 Å². The van der Waals surface area contributed by atoms with Gasteiger partial charge in [-0.05, 0) is 37.8 Å². The Bertz CT molecular complexity index is 660. The summed E-state index contributed by atoms with van der Waals surface area (Å²) in [6, 6.07) is 10.3. The highest BCUT2D eigenvalue weighted by Crippen LogP contribution is 2.25. The third-order valence-corrected chi connectivity index (χ3v) is 6.58. The average Bonchev–Trinajstić information content (AvgIpc) is 2.69. The number of nitrogens with one attached hydrogen (secondary N) is 1. The van der Waals surface area contributed by atoms with Crippen molar-refractivity contribution in [2.24, 2.45) is 0 Å². The second-order valence-corrected chi connectivity index (χ2v) is 8.39. The normalized spacial score (nSPS) is 22.6. The Balaban J connectivity index is 1.16. The molecule has 1 aliphatic carbocycles. The summed E-state index contributed by atoms with van der Waals surface area (Å²) in [5, 5.41) is 3.13. The zero-order valence-corrected chi connectivity index (χ0v) is 16.7. The summed E-state index contributed by atoms with van der Waals surface area (Å²) in [6.45, 7) is 6.07. The van der Waals surface area contributed by atoms with Gasteiger partial charge in [0.1, 0.15) is 0 Å². The number of hydrogen-bond acceptors (Lipinski definition) is 4. The van der Waals surface area contributed by atoms with Gasteiger partial charge in [0.05, 0.1) is 6.54 Å². The van der Waals surface area contributed by atoms with Crippen LogP contribution in [0.25, 0.3) is 0 Å². The molecule has 6 heteroatoms. The quantitative estimate of drug-likeness (QED) is 0.837. The van der Waals surface area contributed by atoms with E-state index in [0.29, 0.717) is 12.1 Å². The van der Waals surface area contributed by atoms with Gasteiger partial charge in [0.25, 0.3) is 5.91 Å². The molecule has 0 aromatic heterocycles. The van der Waals surface area contributed by atoms with Gasteiger partial charge < -0.3 is 10.2 Å². The van der Waals surface area contributed by atoms with Crippen molar-refractivity contribution in [3.05, 3.63) is 35.9 Å². The van der Waals surface area contributed by atoms with Crippen molar-refractivity contribution >= 4 is 11.8 Å². The number of amides is 2. The topological polar surface area (TPSA) is 55.9 Å². The fourth-order valence-corrected chi connectivity index (χ4v) is 4.47. The van der Waals surface area contributed by atoms with E-state index in [9.17, 15) is 9.59 Å². The number of rotatable bonds is 5. The zero-order chi connectivity index (χ0) is 19.3. The highest BCUT2D eigenvalue weighted by molar-refractivity contribution is 5.94. The van der Waals surface area contributed by atoms with Crippen LogP contribution in [0.2, 0.25) is 0 Å². The van der Waals surface area contributed by atoms with Gasteiger partial charge in [-0.25, -0.2) is 0 Å². The van der Waals surface area contributed by atoms with Gasteiger partial charge >= 0.3 is 0 Å². The van der Waals surface area contributed by atoms with Crippen LogP contribution < -0.4 is 5.32 Å². The average molecular weight is 385 g/mol. The molecule has 3 fully saturated rings. The molecule has 0 radical (unpaired) electrons. The van der Waals surface area contributed by atoms with Gasteiger partial charge in [-0.1, -0.05) is 24.6 Å². The van der Waals surface area contributed by atoms with Crippen LogP contribution in [-0.4, -0.2) is 84.4 Å². The van der Waals surface area contributed by atoms with Crippen molar-refractivity contribution in [3.8, 4) is 0 Å². The molecule has 3 aliphatic rings. The minimum Gasteiger partial charge on any atom is -0.349 e. The van der Waals surface area contributed by atoms with Gasteiger partial charge in [-0.3, -0.25) is 19.4 Å². The molecule has 6 nitrogen and oxygen atoms in total. The molecule has 28 heavy (non-hydrogen) atoms.